The largest absolute Gasteiger partial charge is 0.339 e. The zero-order chi connectivity index (χ0) is 13.1. The number of aromatic nitrogens is 2. The summed E-state index contributed by atoms with van der Waals surface area (Å²) in [4.78, 5) is 5.75. The molecule has 3 rings (SSSR count). The molecule has 0 bridgehead atoms. The van der Waals surface area contributed by atoms with Gasteiger partial charge in [-0.1, -0.05) is 23.4 Å². The van der Waals surface area contributed by atoms with Crippen LogP contribution >= 0.6 is 11.8 Å². The molecule has 1 aliphatic rings. The number of thioether (sulfide) groups is 1. The van der Waals surface area contributed by atoms with Crippen LogP contribution in [0.15, 0.2) is 39.8 Å². The molecule has 1 aromatic heterocycles. The molecule has 1 aromatic carbocycles. The van der Waals surface area contributed by atoms with Crippen LogP contribution in [-0.4, -0.2) is 22.7 Å². The third-order valence-electron chi connectivity index (χ3n) is 3.44. The predicted molar refractivity (Wildman–Crippen MR) is 75.1 cm³/mol. The molecule has 0 spiro atoms. The molecule has 1 fully saturated rings. The van der Waals surface area contributed by atoms with E-state index in [9.17, 15) is 0 Å². The Balaban J connectivity index is 1.62. The Kier molecular flexibility index (Phi) is 3.84. The molecule has 0 amide bonds. The number of nitrogens with zero attached hydrogens (tertiary/aromatic N) is 2. The van der Waals surface area contributed by atoms with Gasteiger partial charge in [0.05, 0.1) is 11.7 Å². The van der Waals surface area contributed by atoms with Crippen LogP contribution in [0, 0.1) is 0 Å². The Morgan fingerprint density at radius 3 is 2.95 bits per heavy atom. The Labute approximate surface area is 117 Å². The molecule has 5 heteroatoms. The second-order valence-electron chi connectivity index (χ2n) is 4.79. The van der Waals surface area contributed by atoms with Gasteiger partial charge in [0.1, 0.15) is 0 Å². The third kappa shape index (κ3) is 2.98. The van der Waals surface area contributed by atoms with Crippen LogP contribution in [0.1, 0.15) is 31.0 Å². The van der Waals surface area contributed by atoms with Crippen LogP contribution in [0.25, 0.3) is 0 Å². The standard InChI is InChI=1S/C14H17N3OS/c1-10-12(7-8-15-10)14-16-13(17-18-14)9-19-11-5-3-2-4-6-11/h2-6,10,12,15H,7-9H2,1H3. The van der Waals surface area contributed by atoms with Gasteiger partial charge in [-0.25, -0.2) is 0 Å². The number of hydrogen-bond donors (Lipinski definition) is 1. The lowest BCUT2D eigenvalue weighted by Crippen LogP contribution is -2.21. The Morgan fingerprint density at radius 2 is 2.21 bits per heavy atom. The van der Waals surface area contributed by atoms with E-state index in [1.807, 2.05) is 18.2 Å². The van der Waals surface area contributed by atoms with Gasteiger partial charge in [0.15, 0.2) is 5.82 Å². The molecule has 19 heavy (non-hydrogen) atoms. The lowest BCUT2D eigenvalue weighted by atomic mass is 10.0. The molecule has 2 heterocycles. The van der Waals surface area contributed by atoms with E-state index in [0.29, 0.717) is 12.0 Å². The van der Waals surface area contributed by atoms with E-state index in [4.69, 9.17) is 4.52 Å². The van der Waals surface area contributed by atoms with E-state index in [-0.39, 0.29) is 0 Å². The first kappa shape index (κ1) is 12.7. The van der Waals surface area contributed by atoms with Crippen molar-refractivity contribution in [1.82, 2.24) is 15.5 Å². The SMILES string of the molecule is CC1NCCC1c1nc(CSc2ccccc2)no1. The first-order valence-corrected chi connectivity index (χ1v) is 7.55. The molecule has 0 radical (unpaired) electrons. The smallest absolute Gasteiger partial charge is 0.231 e. The van der Waals surface area contributed by atoms with Gasteiger partial charge in [0.2, 0.25) is 5.89 Å². The van der Waals surface area contributed by atoms with E-state index in [2.05, 4.69) is 34.5 Å². The molecule has 100 valence electrons. The van der Waals surface area contributed by atoms with Crippen molar-refractivity contribution >= 4 is 11.8 Å². The molecule has 4 nitrogen and oxygen atoms in total. The van der Waals surface area contributed by atoms with Crippen LogP contribution in [0.4, 0.5) is 0 Å². The summed E-state index contributed by atoms with van der Waals surface area (Å²) in [5.41, 5.74) is 0. The van der Waals surface area contributed by atoms with Gasteiger partial charge < -0.3 is 9.84 Å². The van der Waals surface area contributed by atoms with Crippen molar-refractivity contribution in [3.05, 3.63) is 42.0 Å². The van der Waals surface area contributed by atoms with Gasteiger partial charge in [0.25, 0.3) is 0 Å². The average molecular weight is 275 g/mol. The summed E-state index contributed by atoms with van der Waals surface area (Å²) >= 11 is 1.73. The zero-order valence-electron chi connectivity index (χ0n) is 10.9. The Bertz CT molecular complexity index is 528. The molecule has 2 atom stereocenters. The van der Waals surface area contributed by atoms with Crippen LogP contribution < -0.4 is 5.32 Å². The highest BCUT2D eigenvalue weighted by atomic mass is 32.2. The third-order valence-corrected chi connectivity index (χ3v) is 4.45. The maximum atomic E-state index is 5.39. The molecule has 1 saturated heterocycles. The van der Waals surface area contributed by atoms with Crippen molar-refractivity contribution in [3.63, 3.8) is 0 Å². The van der Waals surface area contributed by atoms with E-state index in [1.165, 1.54) is 4.90 Å². The lowest BCUT2D eigenvalue weighted by molar-refractivity contribution is 0.342. The number of nitrogens with one attached hydrogen (secondary N) is 1. The van der Waals surface area contributed by atoms with Gasteiger partial charge in [-0.15, -0.1) is 11.8 Å². The first-order chi connectivity index (χ1) is 9.33. The number of benzene rings is 1. The van der Waals surface area contributed by atoms with E-state index < -0.39 is 0 Å². The van der Waals surface area contributed by atoms with Crippen LogP contribution in [0.3, 0.4) is 0 Å². The molecule has 2 aromatic rings. The number of hydrogen-bond acceptors (Lipinski definition) is 5. The van der Waals surface area contributed by atoms with Gasteiger partial charge in [-0.2, -0.15) is 4.98 Å². The fraction of sp³-hybridized carbons (Fsp3) is 0.429. The molecule has 2 unspecified atom stereocenters. The van der Waals surface area contributed by atoms with Crippen LogP contribution in [0.2, 0.25) is 0 Å². The van der Waals surface area contributed by atoms with Crippen LogP contribution in [0.5, 0.6) is 0 Å². The summed E-state index contributed by atoms with van der Waals surface area (Å²) in [6.45, 7) is 3.20. The topological polar surface area (TPSA) is 51.0 Å². The highest BCUT2D eigenvalue weighted by molar-refractivity contribution is 7.98. The van der Waals surface area contributed by atoms with Gasteiger partial charge in [-0.05, 0) is 32.0 Å². The zero-order valence-corrected chi connectivity index (χ0v) is 11.7. The minimum Gasteiger partial charge on any atom is -0.339 e. The Hall–Kier alpha value is -1.33. The summed E-state index contributed by atoms with van der Waals surface area (Å²) < 4.78 is 5.39. The van der Waals surface area contributed by atoms with Crippen molar-refractivity contribution < 1.29 is 4.52 Å². The summed E-state index contributed by atoms with van der Waals surface area (Å²) in [5.74, 6) is 2.68. The summed E-state index contributed by atoms with van der Waals surface area (Å²) in [6, 6.07) is 10.7. The summed E-state index contributed by atoms with van der Waals surface area (Å²) in [6.07, 6.45) is 1.08. The summed E-state index contributed by atoms with van der Waals surface area (Å²) in [5, 5.41) is 7.48. The maximum absolute atomic E-state index is 5.39. The van der Waals surface area contributed by atoms with Crippen molar-refractivity contribution in [1.29, 1.82) is 0 Å². The van der Waals surface area contributed by atoms with Gasteiger partial charge in [-0.3, -0.25) is 0 Å². The highest BCUT2D eigenvalue weighted by Gasteiger charge is 2.29. The quantitative estimate of drug-likeness (QED) is 0.870. The van der Waals surface area contributed by atoms with Gasteiger partial charge >= 0.3 is 0 Å². The fourth-order valence-electron chi connectivity index (χ4n) is 2.34. The summed E-state index contributed by atoms with van der Waals surface area (Å²) in [7, 11) is 0. The van der Waals surface area contributed by atoms with Crippen LogP contribution in [-0.2, 0) is 5.75 Å². The van der Waals surface area contributed by atoms with E-state index in [0.717, 1.165) is 30.4 Å². The molecular formula is C14H17N3OS. The normalized spacial score (nSPS) is 22.8. The second-order valence-corrected chi connectivity index (χ2v) is 5.84. The van der Waals surface area contributed by atoms with E-state index in [1.54, 1.807) is 11.8 Å². The van der Waals surface area contributed by atoms with Crippen molar-refractivity contribution in [3.8, 4) is 0 Å². The lowest BCUT2D eigenvalue weighted by Gasteiger charge is -2.08. The van der Waals surface area contributed by atoms with Crippen molar-refractivity contribution in [2.24, 2.45) is 0 Å². The maximum Gasteiger partial charge on any atom is 0.231 e. The van der Waals surface area contributed by atoms with Crippen molar-refractivity contribution in [2.75, 3.05) is 6.54 Å². The van der Waals surface area contributed by atoms with Crippen molar-refractivity contribution in [2.45, 2.75) is 36.0 Å². The highest BCUT2D eigenvalue weighted by Crippen LogP contribution is 2.27. The predicted octanol–water partition coefficient (Wildman–Crippen LogP) is 2.83. The molecule has 1 aliphatic heterocycles. The molecular weight excluding hydrogens is 258 g/mol. The minimum absolute atomic E-state index is 0.364. The minimum atomic E-state index is 0.364. The molecule has 0 aliphatic carbocycles. The average Bonchev–Trinajstić information content (AvgIpc) is 3.06. The monoisotopic (exact) mass is 275 g/mol. The Morgan fingerprint density at radius 1 is 1.37 bits per heavy atom. The second kappa shape index (κ2) is 5.75. The number of rotatable bonds is 4. The molecule has 0 saturated carbocycles. The van der Waals surface area contributed by atoms with E-state index >= 15 is 0 Å². The fourth-order valence-corrected chi connectivity index (χ4v) is 3.10. The first-order valence-electron chi connectivity index (χ1n) is 6.56. The van der Waals surface area contributed by atoms with Gasteiger partial charge in [0, 0.05) is 10.9 Å². The molecule has 1 N–H and O–H groups in total.